The summed E-state index contributed by atoms with van der Waals surface area (Å²) in [6.07, 6.45) is 0.752. The highest BCUT2D eigenvalue weighted by atomic mass is 79.9. The first-order valence-electron chi connectivity index (χ1n) is 6.61. The van der Waals surface area contributed by atoms with E-state index in [2.05, 4.69) is 22.9 Å². The molecule has 0 aliphatic rings. The van der Waals surface area contributed by atoms with Crippen molar-refractivity contribution in [2.45, 2.75) is 18.7 Å². The number of nitrogens with zero attached hydrogens (tertiary/aromatic N) is 1. The van der Waals surface area contributed by atoms with Gasteiger partial charge in [0.15, 0.2) is 0 Å². The molecule has 0 fully saturated rings. The molecule has 0 saturated carbocycles. The molecule has 0 radical (unpaired) electrons. The lowest BCUT2D eigenvalue weighted by Gasteiger charge is -2.19. The van der Waals surface area contributed by atoms with Crippen LogP contribution in [0.2, 0.25) is 0 Å². The lowest BCUT2D eigenvalue weighted by Crippen LogP contribution is -2.08. The maximum Gasteiger partial charge on any atom is 0.270 e. The van der Waals surface area contributed by atoms with E-state index in [1.807, 2.05) is 30.3 Å². The Morgan fingerprint density at radius 1 is 1.24 bits per heavy atom. The van der Waals surface area contributed by atoms with Crippen molar-refractivity contribution in [2.24, 2.45) is 5.92 Å². The molecular formula is C16H15BrClNO2. The molecular weight excluding hydrogens is 354 g/mol. The van der Waals surface area contributed by atoms with Crippen LogP contribution < -0.4 is 0 Å². The average molecular weight is 369 g/mol. The fraction of sp³-hybridized carbons (Fsp3) is 0.250. The number of hydrogen-bond acceptors (Lipinski definition) is 2. The fourth-order valence-electron chi connectivity index (χ4n) is 2.23. The predicted octanol–water partition coefficient (Wildman–Crippen LogP) is 5.52. The normalized spacial score (nSPS) is 13.7. The zero-order valence-corrected chi connectivity index (χ0v) is 13.8. The van der Waals surface area contributed by atoms with Crippen LogP contribution in [0, 0.1) is 16.0 Å². The van der Waals surface area contributed by atoms with E-state index in [9.17, 15) is 10.1 Å². The van der Waals surface area contributed by atoms with E-state index < -0.39 is 4.92 Å². The molecule has 2 aromatic rings. The number of benzene rings is 2. The van der Waals surface area contributed by atoms with E-state index in [4.69, 9.17) is 11.6 Å². The molecule has 0 bridgehead atoms. The Morgan fingerprint density at radius 3 is 2.48 bits per heavy atom. The highest BCUT2D eigenvalue weighted by Crippen LogP contribution is 2.33. The van der Waals surface area contributed by atoms with Crippen molar-refractivity contribution in [1.29, 1.82) is 0 Å². The summed E-state index contributed by atoms with van der Waals surface area (Å²) in [5, 5.41) is 10.7. The Balaban J connectivity index is 2.12. The van der Waals surface area contributed by atoms with Gasteiger partial charge in [0, 0.05) is 16.6 Å². The molecule has 2 atom stereocenters. The second kappa shape index (κ2) is 7.05. The number of non-ortho nitro benzene ring substituents is 1. The second-order valence-electron chi connectivity index (χ2n) is 5.03. The van der Waals surface area contributed by atoms with Crippen LogP contribution in [0.15, 0.2) is 53.0 Å². The standard InChI is InChI=1S/C16H15BrClNO2/c1-11(16(18)12-5-3-2-4-6-12)9-13-7-8-14(19(20)21)10-15(13)17/h2-8,10-11,16H,9H2,1H3. The van der Waals surface area contributed by atoms with Gasteiger partial charge >= 0.3 is 0 Å². The van der Waals surface area contributed by atoms with Gasteiger partial charge in [0.05, 0.1) is 10.3 Å². The predicted molar refractivity (Wildman–Crippen MR) is 88.7 cm³/mol. The molecule has 5 heteroatoms. The Morgan fingerprint density at radius 2 is 1.90 bits per heavy atom. The highest BCUT2D eigenvalue weighted by Gasteiger charge is 2.19. The van der Waals surface area contributed by atoms with Crippen LogP contribution in [-0.2, 0) is 6.42 Å². The van der Waals surface area contributed by atoms with E-state index in [0.717, 1.165) is 22.0 Å². The molecule has 0 aliphatic carbocycles. The van der Waals surface area contributed by atoms with Crippen molar-refractivity contribution in [1.82, 2.24) is 0 Å². The minimum Gasteiger partial charge on any atom is -0.258 e. The van der Waals surface area contributed by atoms with Gasteiger partial charge in [-0.05, 0) is 23.5 Å². The quantitative estimate of drug-likeness (QED) is 0.396. The summed E-state index contributed by atoms with van der Waals surface area (Å²) in [6, 6.07) is 14.8. The van der Waals surface area contributed by atoms with Crippen LogP contribution in [0.4, 0.5) is 5.69 Å². The first-order valence-corrected chi connectivity index (χ1v) is 7.84. The van der Waals surface area contributed by atoms with Gasteiger partial charge in [-0.15, -0.1) is 11.6 Å². The Kier molecular flexibility index (Phi) is 5.37. The number of alkyl halides is 1. The fourth-order valence-corrected chi connectivity index (χ4v) is 2.99. The molecule has 21 heavy (non-hydrogen) atoms. The van der Waals surface area contributed by atoms with Crippen molar-refractivity contribution >= 4 is 33.2 Å². The molecule has 2 aromatic carbocycles. The monoisotopic (exact) mass is 367 g/mol. The molecule has 2 unspecified atom stereocenters. The second-order valence-corrected chi connectivity index (χ2v) is 6.35. The van der Waals surface area contributed by atoms with Crippen LogP contribution in [0.5, 0.6) is 0 Å². The lowest BCUT2D eigenvalue weighted by molar-refractivity contribution is -0.384. The summed E-state index contributed by atoms with van der Waals surface area (Å²) < 4.78 is 0.750. The number of nitro benzene ring substituents is 1. The number of hydrogen-bond donors (Lipinski definition) is 0. The molecule has 2 rings (SSSR count). The SMILES string of the molecule is CC(Cc1ccc([N+](=O)[O-])cc1Br)C(Cl)c1ccccc1. The van der Waals surface area contributed by atoms with Crippen LogP contribution in [0.25, 0.3) is 0 Å². The number of nitro groups is 1. The maximum absolute atomic E-state index is 10.7. The first-order chi connectivity index (χ1) is 9.99. The summed E-state index contributed by atoms with van der Waals surface area (Å²) in [4.78, 5) is 10.3. The van der Waals surface area contributed by atoms with E-state index in [-0.39, 0.29) is 17.0 Å². The van der Waals surface area contributed by atoms with Crippen molar-refractivity contribution in [2.75, 3.05) is 0 Å². The van der Waals surface area contributed by atoms with Crippen LogP contribution >= 0.6 is 27.5 Å². The third-order valence-electron chi connectivity index (χ3n) is 3.41. The molecule has 0 saturated heterocycles. The molecule has 110 valence electrons. The summed E-state index contributed by atoms with van der Waals surface area (Å²) in [5.74, 6) is 0.215. The van der Waals surface area contributed by atoms with Gasteiger partial charge < -0.3 is 0 Å². The molecule has 3 nitrogen and oxygen atoms in total. The smallest absolute Gasteiger partial charge is 0.258 e. The minimum atomic E-state index is -0.397. The van der Waals surface area contributed by atoms with Crippen molar-refractivity contribution in [3.63, 3.8) is 0 Å². The van der Waals surface area contributed by atoms with Crippen molar-refractivity contribution in [3.8, 4) is 0 Å². The zero-order valence-electron chi connectivity index (χ0n) is 11.5. The van der Waals surface area contributed by atoms with Gasteiger partial charge in [-0.3, -0.25) is 10.1 Å². The van der Waals surface area contributed by atoms with Gasteiger partial charge in [0.2, 0.25) is 0 Å². The van der Waals surface area contributed by atoms with E-state index in [1.165, 1.54) is 12.1 Å². The number of halogens is 2. The Labute approximate surface area is 137 Å². The van der Waals surface area contributed by atoms with Gasteiger partial charge in [0.25, 0.3) is 5.69 Å². The van der Waals surface area contributed by atoms with Gasteiger partial charge in [-0.2, -0.15) is 0 Å². The van der Waals surface area contributed by atoms with E-state index >= 15 is 0 Å². The Hall–Kier alpha value is -1.39. The maximum atomic E-state index is 10.7. The van der Waals surface area contributed by atoms with Gasteiger partial charge in [0.1, 0.15) is 0 Å². The summed E-state index contributed by atoms with van der Waals surface area (Å²) in [7, 11) is 0. The minimum absolute atomic E-state index is 0.0868. The van der Waals surface area contributed by atoms with Gasteiger partial charge in [-0.25, -0.2) is 0 Å². The highest BCUT2D eigenvalue weighted by molar-refractivity contribution is 9.10. The summed E-state index contributed by atoms with van der Waals surface area (Å²) in [6.45, 7) is 2.08. The zero-order chi connectivity index (χ0) is 15.4. The third-order valence-corrected chi connectivity index (χ3v) is 4.83. The topological polar surface area (TPSA) is 43.1 Å². The first kappa shape index (κ1) is 16.0. The largest absolute Gasteiger partial charge is 0.270 e. The number of rotatable bonds is 5. The Bertz CT molecular complexity index is 633. The molecule has 0 aromatic heterocycles. The molecule has 0 N–H and O–H groups in total. The average Bonchev–Trinajstić information content (AvgIpc) is 2.49. The van der Waals surface area contributed by atoms with E-state index in [1.54, 1.807) is 6.07 Å². The van der Waals surface area contributed by atoms with Crippen LogP contribution in [0.3, 0.4) is 0 Å². The molecule has 0 amide bonds. The van der Waals surface area contributed by atoms with Crippen LogP contribution in [0.1, 0.15) is 23.4 Å². The summed E-state index contributed by atoms with van der Waals surface area (Å²) >= 11 is 9.92. The molecule has 0 aliphatic heterocycles. The molecule has 0 heterocycles. The molecule has 0 spiro atoms. The summed E-state index contributed by atoms with van der Waals surface area (Å²) in [5.41, 5.74) is 2.20. The van der Waals surface area contributed by atoms with Gasteiger partial charge in [-0.1, -0.05) is 59.3 Å². The van der Waals surface area contributed by atoms with Crippen molar-refractivity contribution < 1.29 is 4.92 Å². The van der Waals surface area contributed by atoms with Crippen molar-refractivity contribution in [3.05, 3.63) is 74.2 Å². The third kappa shape index (κ3) is 4.05. The lowest BCUT2D eigenvalue weighted by atomic mass is 9.93. The van der Waals surface area contributed by atoms with E-state index in [0.29, 0.717) is 0 Å². The van der Waals surface area contributed by atoms with Crippen LogP contribution in [-0.4, -0.2) is 4.92 Å².